The maximum atomic E-state index is 12.5. The van der Waals surface area contributed by atoms with Crippen molar-refractivity contribution in [2.45, 2.75) is 31.7 Å². The fourth-order valence-corrected chi connectivity index (χ4v) is 3.69. The van der Waals surface area contributed by atoms with Gasteiger partial charge in [-0.15, -0.1) is 0 Å². The number of benzene rings is 1. The van der Waals surface area contributed by atoms with Gasteiger partial charge in [-0.3, -0.25) is 14.6 Å². The zero-order valence-corrected chi connectivity index (χ0v) is 14.3. The lowest BCUT2D eigenvalue weighted by Crippen LogP contribution is -2.33. The first-order valence-corrected chi connectivity index (χ1v) is 8.85. The number of nitrogens with one attached hydrogen (secondary N) is 1. The second-order valence-electron chi connectivity index (χ2n) is 6.90. The third kappa shape index (κ3) is 3.27. The summed E-state index contributed by atoms with van der Waals surface area (Å²) in [7, 11) is 0. The number of ether oxygens (including phenoxy) is 1. The molecule has 6 nitrogen and oxygen atoms in total. The molecule has 0 bridgehead atoms. The largest absolute Gasteiger partial charge is 0.493 e. The van der Waals surface area contributed by atoms with E-state index in [4.69, 9.17) is 9.84 Å². The Morgan fingerprint density at radius 1 is 1.15 bits per heavy atom. The summed E-state index contributed by atoms with van der Waals surface area (Å²) in [6.07, 6.45) is 5.96. The van der Waals surface area contributed by atoms with E-state index >= 15 is 0 Å². The van der Waals surface area contributed by atoms with E-state index in [1.54, 1.807) is 12.4 Å². The van der Waals surface area contributed by atoms with Crippen LogP contribution in [0.1, 0.15) is 35.2 Å². The van der Waals surface area contributed by atoms with Gasteiger partial charge in [-0.05, 0) is 48.6 Å². The molecule has 0 radical (unpaired) electrons. The van der Waals surface area contributed by atoms with Crippen molar-refractivity contribution in [3.8, 4) is 16.9 Å². The molecule has 2 heterocycles. The van der Waals surface area contributed by atoms with Crippen LogP contribution in [0.5, 0.6) is 5.75 Å². The van der Waals surface area contributed by atoms with Gasteiger partial charge in [0.05, 0.1) is 18.1 Å². The topological polar surface area (TPSA) is 88.5 Å². The molecule has 1 aliphatic heterocycles. The number of carbonyl (C=O) groups excluding carboxylic acids is 1. The Balaban J connectivity index is 1.49. The lowest BCUT2D eigenvalue weighted by atomic mass is 10.0. The van der Waals surface area contributed by atoms with Gasteiger partial charge in [0, 0.05) is 30.4 Å². The number of carbonyl (C=O) groups is 2. The van der Waals surface area contributed by atoms with Gasteiger partial charge in [-0.2, -0.15) is 0 Å². The van der Waals surface area contributed by atoms with E-state index in [0.717, 1.165) is 23.3 Å². The number of pyridine rings is 1. The molecule has 0 saturated heterocycles. The Hall–Kier alpha value is -2.89. The zero-order valence-electron chi connectivity index (χ0n) is 14.3. The Bertz CT molecular complexity index is 865. The second-order valence-corrected chi connectivity index (χ2v) is 6.90. The third-order valence-electron chi connectivity index (χ3n) is 5.14. The zero-order chi connectivity index (χ0) is 18.1. The van der Waals surface area contributed by atoms with E-state index in [0.29, 0.717) is 31.4 Å². The lowest BCUT2D eigenvalue weighted by molar-refractivity contribution is -0.141. The highest BCUT2D eigenvalue weighted by Crippen LogP contribution is 2.30. The minimum absolute atomic E-state index is 0.0931. The van der Waals surface area contributed by atoms with Crippen molar-refractivity contribution < 1.29 is 19.4 Å². The first kappa shape index (κ1) is 16.6. The van der Waals surface area contributed by atoms with Crippen LogP contribution in [0.25, 0.3) is 11.1 Å². The molecule has 0 spiro atoms. The molecule has 1 aromatic heterocycles. The second kappa shape index (κ2) is 6.78. The van der Waals surface area contributed by atoms with Crippen molar-refractivity contribution in [1.82, 2.24) is 10.3 Å². The van der Waals surface area contributed by atoms with Crippen LogP contribution in [-0.2, 0) is 11.2 Å². The predicted octanol–water partition coefficient (Wildman–Crippen LogP) is 2.67. The normalized spacial score (nSPS) is 21.1. The molecule has 134 valence electrons. The molecule has 2 atom stereocenters. The molecule has 1 aliphatic carbocycles. The van der Waals surface area contributed by atoms with Gasteiger partial charge in [0.15, 0.2) is 0 Å². The van der Waals surface area contributed by atoms with E-state index in [-0.39, 0.29) is 17.9 Å². The Morgan fingerprint density at radius 3 is 2.85 bits per heavy atom. The number of carboxylic acid groups (broad SMARTS) is 1. The predicted molar refractivity (Wildman–Crippen MR) is 95.1 cm³/mol. The van der Waals surface area contributed by atoms with Crippen molar-refractivity contribution >= 4 is 11.9 Å². The smallest absolute Gasteiger partial charge is 0.306 e. The fourth-order valence-electron chi connectivity index (χ4n) is 3.69. The average molecular weight is 352 g/mol. The van der Waals surface area contributed by atoms with Crippen LogP contribution in [-0.4, -0.2) is 34.6 Å². The van der Waals surface area contributed by atoms with Gasteiger partial charge in [-0.25, -0.2) is 0 Å². The summed E-state index contributed by atoms with van der Waals surface area (Å²) in [5.41, 5.74) is 3.53. The molecular weight excluding hydrogens is 332 g/mol. The van der Waals surface area contributed by atoms with E-state index in [9.17, 15) is 9.59 Å². The van der Waals surface area contributed by atoms with Crippen LogP contribution in [0.2, 0.25) is 0 Å². The molecule has 0 unspecified atom stereocenters. The maximum absolute atomic E-state index is 12.5. The highest BCUT2D eigenvalue weighted by Gasteiger charge is 2.30. The van der Waals surface area contributed by atoms with E-state index in [1.807, 2.05) is 18.2 Å². The standard InChI is InChI=1S/C20H20N2O4/c23-19(22-17-3-1-14(9-17)20(24)25)16-8-15(10-21-11-16)12-2-4-18-13(7-12)5-6-26-18/h2,4,7-8,10-11,14,17H,1,3,5-6,9H2,(H,22,23)(H,24,25)/t14-,17+/m1/s1. The molecule has 6 heteroatoms. The maximum Gasteiger partial charge on any atom is 0.306 e. The van der Waals surface area contributed by atoms with Gasteiger partial charge in [-0.1, -0.05) is 6.07 Å². The highest BCUT2D eigenvalue weighted by atomic mass is 16.5. The van der Waals surface area contributed by atoms with Gasteiger partial charge in [0.25, 0.3) is 5.91 Å². The SMILES string of the molecule is O=C(N[C@H]1CC[C@@H](C(=O)O)C1)c1cncc(-c2ccc3c(c2)CCO3)c1. The fraction of sp³-hybridized carbons (Fsp3) is 0.350. The molecule has 1 saturated carbocycles. The quantitative estimate of drug-likeness (QED) is 0.883. The summed E-state index contributed by atoms with van der Waals surface area (Å²) in [5, 5.41) is 12.0. The first-order valence-electron chi connectivity index (χ1n) is 8.85. The van der Waals surface area contributed by atoms with Crippen molar-refractivity contribution in [3.63, 3.8) is 0 Å². The number of fused-ring (bicyclic) bond motifs is 1. The summed E-state index contributed by atoms with van der Waals surface area (Å²) >= 11 is 0. The number of nitrogens with zero attached hydrogens (tertiary/aromatic N) is 1. The molecule has 26 heavy (non-hydrogen) atoms. The molecule has 2 aliphatic rings. The van der Waals surface area contributed by atoms with Crippen molar-refractivity contribution in [2.75, 3.05) is 6.61 Å². The number of amides is 1. The highest BCUT2D eigenvalue weighted by molar-refractivity contribution is 5.95. The third-order valence-corrected chi connectivity index (χ3v) is 5.14. The number of aliphatic carboxylic acids is 1. The number of aromatic nitrogens is 1. The molecule has 1 fully saturated rings. The molecule has 1 amide bonds. The lowest BCUT2D eigenvalue weighted by Gasteiger charge is -2.13. The number of rotatable bonds is 4. The van der Waals surface area contributed by atoms with Crippen molar-refractivity contribution in [2.24, 2.45) is 5.92 Å². The van der Waals surface area contributed by atoms with Crippen LogP contribution in [0, 0.1) is 5.92 Å². The Kier molecular flexibility index (Phi) is 4.32. The van der Waals surface area contributed by atoms with Gasteiger partial charge in [0.1, 0.15) is 5.75 Å². The monoisotopic (exact) mass is 352 g/mol. The number of carboxylic acids is 1. The van der Waals surface area contributed by atoms with Gasteiger partial charge >= 0.3 is 5.97 Å². The molecule has 4 rings (SSSR count). The average Bonchev–Trinajstić information content (AvgIpc) is 3.30. The first-order chi connectivity index (χ1) is 12.6. The van der Waals surface area contributed by atoms with Crippen LogP contribution in [0.15, 0.2) is 36.7 Å². The van der Waals surface area contributed by atoms with Crippen LogP contribution < -0.4 is 10.1 Å². The molecule has 2 N–H and O–H groups in total. The van der Waals surface area contributed by atoms with E-state index in [2.05, 4.69) is 16.4 Å². The number of hydrogen-bond acceptors (Lipinski definition) is 4. The van der Waals surface area contributed by atoms with Gasteiger partial charge < -0.3 is 15.2 Å². The van der Waals surface area contributed by atoms with Crippen molar-refractivity contribution in [1.29, 1.82) is 0 Å². The van der Waals surface area contributed by atoms with E-state index in [1.165, 1.54) is 5.56 Å². The van der Waals surface area contributed by atoms with Crippen LogP contribution in [0.4, 0.5) is 0 Å². The molecule has 1 aromatic carbocycles. The van der Waals surface area contributed by atoms with E-state index < -0.39 is 5.97 Å². The van der Waals surface area contributed by atoms with Crippen LogP contribution >= 0.6 is 0 Å². The Labute approximate surface area is 151 Å². The number of hydrogen-bond donors (Lipinski definition) is 2. The molecular formula is C20H20N2O4. The van der Waals surface area contributed by atoms with Gasteiger partial charge in [0.2, 0.25) is 0 Å². The summed E-state index contributed by atoms with van der Waals surface area (Å²) < 4.78 is 5.53. The summed E-state index contributed by atoms with van der Waals surface area (Å²) in [6.45, 7) is 0.707. The summed E-state index contributed by atoms with van der Waals surface area (Å²) in [4.78, 5) is 27.8. The Morgan fingerprint density at radius 2 is 2.04 bits per heavy atom. The summed E-state index contributed by atoms with van der Waals surface area (Å²) in [5.74, 6) is -0.436. The molecule has 2 aromatic rings. The minimum atomic E-state index is -0.786. The van der Waals surface area contributed by atoms with Crippen LogP contribution in [0.3, 0.4) is 0 Å². The minimum Gasteiger partial charge on any atom is -0.493 e. The van der Waals surface area contributed by atoms with Crippen molar-refractivity contribution in [3.05, 3.63) is 47.8 Å². The summed E-state index contributed by atoms with van der Waals surface area (Å²) in [6, 6.07) is 7.73.